The van der Waals surface area contributed by atoms with Crippen molar-refractivity contribution in [2.75, 3.05) is 0 Å². The summed E-state index contributed by atoms with van der Waals surface area (Å²) >= 11 is 0. The number of hydrogen-bond donors (Lipinski definition) is 1. The van der Waals surface area contributed by atoms with Gasteiger partial charge >= 0.3 is 0 Å². The number of fused-ring (bicyclic) bond motifs is 1. The highest BCUT2D eigenvalue weighted by molar-refractivity contribution is 5.88. The first kappa shape index (κ1) is 14.3. The van der Waals surface area contributed by atoms with E-state index in [1.165, 1.54) is 0 Å². The topological polar surface area (TPSA) is 51.1 Å². The fraction of sp³-hybridized carbons (Fsp3) is 0.375. The summed E-state index contributed by atoms with van der Waals surface area (Å²) < 4.78 is 1.88. The van der Waals surface area contributed by atoms with Gasteiger partial charge in [0.15, 0.2) is 0 Å². The highest BCUT2D eigenvalue weighted by Crippen LogP contribution is 2.17. The minimum atomic E-state index is 0.00714. The van der Waals surface area contributed by atoms with Crippen LogP contribution in [0.25, 0.3) is 10.9 Å². The zero-order chi connectivity index (χ0) is 14.5. The van der Waals surface area contributed by atoms with Gasteiger partial charge in [-0.25, -0.2) is 0 Å². The molecule has 2 aromatic rings. The second kappa shape index (κ2) is 6.37. The third-order valence-electron chi connectivity index (χ3n) is 3.60. The monoisotopic (exact) mass is 272 g/mol. The number of nitrogens with zero attached hydrogens (tertiary/aromatic N) is 1. The van der Waals surface area contributed by atoms with E-state index in [4.69, 9.17) is 0 Å². The number of amides is 1. The molecule has 1 aromatic carbocycles. The first-order valence-electron chi connectivity index (χ1n) is 7.01. The summed E-state index contributed by atoms with van der Waals surface area (Å²) in [6.07, 6.45) is 4.57. The molecule has 0 radical (unpaired) electrons. The number of aldehydes is 1. The lowest BCUT2D eigenvalue weighted by atomic mass is 10.2. The van der Waals surface area contributed by atoms with Gasteiger partial charge < -0.3 is 9.88 Å². The van der Waals surface area contributed by atoms with Crippen molar-refractivity contribution in [1.82, 2.24) is 9.88 Å². The molecule has 1 heterocycles. The Morgan fingerprint density at radius 3 is 2.70 bits per heavy atom. The molecule has 0 saturated carbocycles. The van der Waals surface area contributed by atoms with Crippen LogP contribution in [0.3, 0.4) is 0 Å². The molecule has 0 spiro atoms. The molecule has 1 aromatic heterocycles. The van der Waals surface area contributed by atoms with E-state index in [1.54, 1.807) is 6.07 Å². The Labute approximate surface area is 118 Å². The van der Waals surface area contributed by atoms with Crippen molar-refractivity contribution in [3.63, 3.8) is 0 Å². The van der Waals surface area contributed by atoms with Gasteiger partial charge in [-0.05, 0) is 30.4 Å². The summed E-state index contributed by atoms with van der Waals surface area (Å²) in [6.45, 7) is 4.41. The number of benzene rings is 1. The first-order chi connectivity index (χ1) is 9.67. The highest BCUT2D eigenvalue weighted by atomic mass is 16.2. The van der Waals surface area contributed by atoms with Crippen molar-refractivity contribution in [2.45, 2.75) is 39.3 Å². The molecule has 4 nitrogen and oxygen atoms in total. The third kappa shape index (κ3) is 3.07. The van der Waals surface area contributed by atoms with Crippen LogP contribution in [0.4, 0.5) is 0 Å². The Balaban J connectivity index is 2.17. The van der Waals surface area contributed by atoms with Gasteiger partial charge in [-0.2, -0.15) is 0 Å². The Hall–Kier alpha value is -2.10. The zero-order valence-electron chi connectivity index (χ0n) is 11.9. The molecule has 1 amide bonds. The maximum Gasteiger partial charge on any atom is 0.240 e. The number of carbonyl (C=O) groups is 2. The van der Waals surface area contributed by atoms with Gasteiger partial charge in [0.05, 0.1) is 0 Å². The summed E-state index contributed by atoms with van der Waals surface area (Å²) in [5, 5.41) is 4.05. The molecular formula is C16H20N2O2. The maximum atomic E-state index is 12.0. The van der Waals surface area contributed by atoms with Gasteiger partial charge in [-0.3, -0.25) is 9.59 Å². The first-order valence-corrected chi connectivity index (χ1v) is 7.01. The van der Waals surface area contributed by atoms with Crippen LogP contribution in [-0.4, -0.2) is 22.8 Å². The molecule has 1 N–H and O–H groups in total. The van der Waals surface area contributed by atoms with Crippen LogP contribution in [0.5, 0.6) is 0 Å². The van der Waals surface area contributed by atoms with Crippen LogP contribution in [0.2, 0.25) is 0 Å². The molecule has 106 valence electrons. The summed E-state index contributed by atoms with van der Waals surface area (Å²) in [7, 11) is 0. The van der Waals surface area contributed by atoms with Crippen LogP contribution in [0, 0.1) is 0 Å². The predicted molar refractivity (Wildman–Crippen MR) is 79.8 cm³/mol. The second-order valence-electron chi connectivity index (χ2n) is 4.96. The van der Waals surface area contributed by atoms with Crippen LogP contribution < -0.4 is 5.32 Å². The van der Waals surface area contributed by atoms with E-state index in [9.17, 15) is 9.59 Å². The van der Waals surface area contributed by atoms with Crippen molar-refractivity contribution < 1.29 is 9.59 Å². The fourth-order valence-electron chi connectivity index (χ4n) is 2.33. The number of nitrogens with one attached hydrogen (secondary N) is 1. The summed E-state index contributed by atoms with van der Waals surface area (Å²) in [6, 6.07) is 7.68. The van der Waals surface area contributed by atoms with Crippen LogP contribution in [0.1, 0.15) is 37.0 Å². The number of carbonyl (C=O) groups excluding carboxylic acids is 2. The SMILES string of the molecule is CCC(CC)NC(=O)Cn1ccc2ccc(C=O)cc21. The lowest BCUT2D eigenvalue weighted by Gasteiger charge is -2.15. The Bertz CT molecular complexity index is 612. The number of rotatable bonds is 6. The second-order valence-corrected chi connectivity index (χ2v) is 4.96. The molecule has 4 heteroatoms. The molecule has 0 aliphatic carbocycles. The molecule has 0 atom stereocenters. The van der Waals surface area contributed by atoms with Gasteiger partial charge in [0.25, 0.3) is 0 Å². The molecular weight excluding hydrogens is 252 g/mol. The third-order valence-corrected chi connectivity index (χ3v) is 3.60. The largest absolute Gasteiger partial charge is 0.352 e. The average molecular weight is 272 g/mol. The van der Waals surface area contributed by atoms with Gasteiger partial charge in [0.2, 0.25) is 5.91 Å². The van der Waals surface area contributed by atoms with Gasteiger partial charge in [0.1, 0.15) is 12.8 Å². The van der Waals surface area contributed by atoms with Crippen molar-refractivity contribution in [2.24, 2.45) is 0 Å². The van der Waals surface area contributed by atoms with Crippen molar-refractivity contribution in [3.8, 4) is 0 Å². The van der Waals surface area contributed by atoms with Crippen molar-refractivity contribution in [3.05, 3.63) is 36.0 Å². The molecule has 0 bridgehead atoms. The summed E-state index contributed by atoms with van der Waals surface area (Å²) in [5.41, 5.74) is 1.53. The maximum absolute atomic E-state index is 12.0. The molecule has 2 rings (SSSR count). The minimum absolute atomic E-state index is 0.00714. The van der Waals surface area contributed by atoms with Gasteiger partial charge in [-0.1, -0.05) is 26.0 Å². The standard InChI is InChI=1S/C16H20N2O2/c1-3-14(4-2)17-16(20)10-18-8-7-13-6-5-12(11-19)9-15(13)18/h5-9,11,14H,3-4,10H2,1-2H3,(H,17,20). The molecule has 0 unspecified atom stereocenters. The highest BCUT2D eigenvalue weighted by Gasteiger charge is 2.10. The van der Waals surface area contributed by atoms with Crippen LogP contribution >= 0.6 is 0 Å². The smallest absolute Gasteiger partial charge is 0.240 e. The molecule has 20 heavy (non-hydrogen) atoms. The lowest BCUT2D eigenvalue weighted by molar-refractivity contribution is -0.122. The molecule has 0 saturated heterocycles. The van der Waals surface area contributed by atoms with Gasteiger partial charge in [-0.15, -0.1) is 0 Å². The Morgan fingerprint density at radius 2 is 2.05 bits per heavy atom. The summed E-state index contributed by atoms with van der Waals surface area (Å²) in [4.78, 5) is 22.9. The average Bonchev–Trinajstić information content (AvgIpc) is 2.86. The zero-order valence-corrected chi connectivity index (χ0v) is 11.9. The number of hydrogen-bond acceptors (Lipinski definition) is 2. The normalized spacial score (nSPS) is 10.9. The van der Waals surface area contributed by atoms with E-state index in [0.29, 0.717) is 5.56 Å². The van der Waals surface area contributed by atoms with E-state index < -0.39 is 0 Å². The quantitative estimate of drug-likeness (QED) is 0.822. The van der Waals surface area contributed by atoms with Crippen LogP contribution in [0.15, 0.2) is 30.5 Å². The molecule has 0 aliphatic rings. The fourth-order valence-corrected chi connectivity index (χ4v) is 2.33. The van der Waals surface area contributed by atoms with E-state index in [0.717, 1.165) is 30.0 Å². The molecule has 0 fully saturated rings. The minimum Gasteiger partial charge on any atom is -0.352 e. The van der Waals surface area contributed by atoms with Crippen molar-refractivity contribution in [1.29, 1.82) is 0 Å². The summed E-state index contributed by atoms with van der Waals surface area (Å²) in [5.74, 6) is 0.00714. The lowest BCUT2D eigenvalue weighted by Crippen LogP contribution is -2.36. The van der Waals surface area contributed by atoms with E-state index in [1.807, 2.05) is 29.0 Å². The van der Waals surface area contributed by atoms with E-state index in [-0.39, 0.29) is 18.5 Å². The van der Waals surface area contributed by atoms with E-state index in [2.05, 4.69) is 19.2 Å². The molecule has 0 aliphatic heterocycles. The van der Waals surface area contributed by atoms with E-state index >= 15 is 0 Å². The van der Waals surface area contributed by atoms with Gasteiger partial charge in [0, 0.05) is 23.3 Å². The van der Waals surface area contributed by atoms with Crippen LogP contribution in [-0.2, 0) is 11.3 Å². The Morgan fingerprint density at radius 1 is 1.30 bits per heavy atom. The Kier molecular flexibility index (Phi) is 4.56. The predicted octanol–water partition coefficient (Wildman–Crippen LogP) is 2.76. The number of aromatic nitrogens is 1. The van der Waals surface area contributed by atoms with Crippen molar-refractivity contribution >= 4 is 23.1 Å².